The van der Waals surface area contributed by atoms with Crippen molar-refractivity contribution in [1.82, 2.24) is 15.0 Å². The molecule has 0 spiro atoms. The number of anilines is 1. The lowest BCUT2D eigenvalue weighted by Gasteiger charge is -2.07. The summed E-state index contributed by atoms with van der Waals surface area (Å²) in [6, 6.07) is 12.7. The van der Waals surface area contributed by atoms with Crippen LogP contribution in [0.2, 0.25) is 0 Å². The van der Waals surface area contributed by atoms with Gasteiger partial charge in [-0.3, -0.25) is 9.78 Å². The van der Waals surface area contributed by atoms with Gasteiger partial charge in [0.25, 0.3) is 5.91 Å². The van der Waals surface area contributed by atoms with Crippen LogP contribution in [0.4, 0.5) is 10.1 Å². The molecular formula is C19H13FN4O2. The van der Waals surface area contributed by atoms with Gasteiger partial charge in [-0.25, -0.2) is 9.37 Å². The van der Waals surface area contributed by atoms with Crippen LogP contribution in [0.5, 0.6) is 5.75 Å². The second-order valence-electron chi connectivity index (χ2n) is 5.68. The van der Waals surface area contributed by atoms with E-state index < -0.39 is 11.7 Å². The highest BCUT2D eigenvalue weighted by Crippen LogP contribution is 2.23. The fraction of sp³-hybridized carbons (Fsp3) is 0. The summed E-state index contributed by atoms with van der Waals surface area (Å²) in [6.45, 7) is 0. The Balaban J connectivity index is 1.62. The molecule has 0 saturated heterocycles. The van der Waals surface area contributed by atoms with Crippen molar-refractivity contribution in [2.45, 2.75) is 0 Å². The number of benzene rings is 2. The van der Waals surface area contributed by atoms with Crippen molar-refractivity contribution < 1.29 is 14.3 Å². The number of phenols is 1. The van der Waals surface area contributed by atoms with E-state index in [1.54, 1.807) is 12.3 Å². The lowest BCUT2D eigenvalue weighted by atomic mass is 10.2. The number of aromatic amines is 1. The number of fused-ring (bicyclic) bond motifs is 1. The maximum absolute atomic E-state index is 13.8. The first-order valence-corrected chi connectivity index (χ1v) is 7.80. The van der Waals surface area contributed by atoms with Crippen molar-refractivity contribution in [3.63, 3.8) is 0 Å². The molecule has 2 aromatic carbocycles. The highest BCUT2D eigenvalue weighted by Gasteiger charge is 2.13. The van der Waals surface area contributed by atoms with Crippen molar-refractivity contribution in [3.05, 3.63) is 72.3 Å². The summed E-state index contributed by atoms with van der Waals surface area (Å²) in [6.07, 6.45) is 3.08. The number of aromatic nitrogens is 3. The number of H-pyrrole nitrogens is 1. The fourth-order valence-corrected chi connectivity index (χ4v) is 2.61. The molecule has 1 amide bonds. The molecule has 3 N–H and O–H groups in total. The van der Waals surface area contributed by atoms with Crippen molar-refractivity contribution in [3.8, 4) is 17.1 Å². The van der Waals surface area contributed by atoms with E-state index in [2.05, 4.69) is 20.3 Å². The maximum Gasteiger partial charge on any atom is 0.258 e. The Morgan fingerprint density at radius 2 is 1.96 bits per heavy atom. The summed E-state index contributed by atoms with van der Waals surface area (Å²) in [5.41, 5.74) is 2.63. The first-order chi connectivity index (χ1) is 12.6. The topological polar surface area (TPSA) is 90.9 Å². The van der Waals surface area contributed by atoms with Gasteiger partial charge in [-0.15, -0.1) is 0 Å². The first kappa shape index (κ1) is 15.8. The quantitative estimate of drug-likeness (QED) is 0.526. The molecule has 0 fully saturated rings. The van der Waals surface area contributed by atoms with Crippen molar-refractivity contribution >= 4 is 22.6 Å². The molecule has 128 valence electrons. The van der Waals surface area contributed by atoms with E-state index in [0.29, 0.717) is 17.1 Å². The molecule has 26 heavy (non-hydrogen) atoms. The largest absolute Gasteiger partial charge is 0.508 e. The Kier molecular flexibility index (Phi) is 3.81. The monoisotopic (exact) mass is 348 g/mol. The Morgan fingerprint density at radius 3 is 2.77 bits per heavy atom. The average molecular weight is 348 g/mol. The number of rotatable bonds is 3. The van der Waals surface area contributed by atoms with E-state index in [-0.39, 0.29) is 11.3 Å². The molecule has 0 saturated carbocycles. The zero-order chi connectivity index (χ0) is 18.1. The predicted octanol–water partition coefficient (Wildman–Crippen LogP) is 3.72. The van der Waals surface area contributed by atoms with Gasteiger partial charge in [-0.05, 0) is 30.3 Å². The molecule has 0 aliphatic heterocycles. The van der Waals surface area contributed by atoms with Crippen LogP contribution in [0.3, 0.4) is 0 Å². The second kappa shape index (κ2) is 6.29. The number of hydrogen-bond acceptors (Lipinski definition) is 4. The molecule has 0 radical (unpaired) electrons. The average Bonchev–Trinajstić information content (AvgIpc) is 3.06. The number of amides is 1. The van der Waals surface area contributed by atoms with Gasteiger partial charge in [0.2, 0.25) is 0 Å². The molecule has 6 nitrogen and oxygen atoms in total. The van der Waals surface area contributed by atoms with E-state index >= 15 is 0 Å². The van der Waals surface area contributed by atoms with Crippen LogP contribution in [-0.2, 0) is 0 Å². The molecular weight excluding hydrogens is 335 g/mol. The molecule has 4 aromatic rings. The van der Waals surface area contributed by atoms with Gasteiger partial charge < -0.3 is 15.4 Å². The van der Waals surface area contributed by atoms with Gasteiger partial charge in [0, 0.05) is 17.8 Å². The maximum atomic E-state index is 13.8. The van der Waals surface area contributed by atoms with Crippen LogP contribution < -0.4 is 5.32 Å². The third-order valence-electron chi connectivity index (χ3n) is 3.86. The summed E-state index contributed by atoms with van der Waals surface area (Å²) in [4.78, 5) is 24.0. The van der Waals surface area contributed by atoms with Gasteiger partial charge >= 0.3 is 0 Å². The van der Waals surface area contributed by atoms with Crippen molar-refractivity contribution in [2.24, 2.45) is 0 Å². The highest BCUT2D eigenvalue weighted by molar-refractivity contribution is 6.04. The van der Waals surface area contributed by atoms with E-state index in [4.69, 9.17) is 0 Å². The lowest BCUT2D eigenvalue weighted by molar-refractivity contribution is 0.102. The molecule has 0 unspecified atom stereocenters. The summed E-state index contributed by atoms with van der Waals surface area (Å²) in [5.74, 6) is -1.06. The number of nitrogens with one attached hydrogen (secondary N) is 2. The Hall–Kier alpha value is -3.74. The molecule has 2 aromatic heterocycles. The van der Waals surface area contributed by atoms with Gasteiger partial charge in [-0.1, -0.05) is 12.1 Å². The van der Waals surface area contributed by atoms with Gasteiger partial charge in [0.15, 0.2) is 0 Å². The van der Waals surface area contributed by atoms with Crippen LogP contribution in [0.15, 0.2) is 60.9 Å². The van der Waals surface area contributed by atoms with Gasteiger partial charge in [0.05, 0.1) is 28.5 Å². The van der Waals surface area contributed by atoms with E-state index in [1.807, 2.05) is 24.3 Å². The van der Waals surface area contributed by atoms with E-state index in [9.17, 15) is 14.3 Å². The number of pyridine rings is 1. The second-order valence-corrected chi connectivity index (χ2v) is 5.68. The van der Waals surface area contributed by atoms with Crippen molar-refractivity contribution in [2.75, 3.05) is 5.32 Å². The molecule has 0 aliphatic rings. The summed E-state index contributed by atoms with van der Waals surface area (Å²) < 4.78 is 13.8. The smallest absolute Gasteiger partial charge is 0.258 e. The SMILES string of the molecule is O=C(Nc1cncc(-c2nc3ccccc3[nH]2)c1)c1ccc(O)cc1F. The van der Waals surface area contributed by atoms with E-state index in [1.165, 1.54) is 18.3 Å². The first-order valence-electron chi connectivity index (χ1n) is 7.80. The lowest BCUT2D eigenvalue weighted by Crippen LogP contribution is -2.13. The summed E-state index contributed by atoms with van der Waals surface area (Å²) in [7, 11) is 0. The minimum atomic E-state index is -0.802. The van der Waals surface area contributed by atoms with Crippen LogP contribution in [0, 0.1) is 5.82 Å². The van der Waals surface area contributed by atoms with E-state index in [0.717, 1.165) is 17.1 Å². The van der Waals surface area contributed by atoms with Gasteiger partial charge in [-0.2, -0.15) is 0 Å². The van der Waals surface area contributed by atoms with Gasteiger partial charge in [0.1, 0.15) is 17.4 Å². The molecule has 4 rings (SSSR count). The number of carbonyl (C=O) groups is 1. The number of halogens is 1. The van der Waals surface area contributed by atoms with Crippen LogP contribution in [-0.4, -0.2) is 26.0 Å². The van der Waals surface area contributed by atoms with Crippen LogP contribution >= 0.6 is 0 Å². The summed E-state index contributed by atoms with van der Waals surface area (Å²) in [5, 5.41) is 11.8. The standard InChI is InChI=1S/C19H13FN4O2/c20-15-8-13(25)5-6-14(15)19(26)22-12-7-11(9-21-10-12)18-23-16-3-1-2-4-17(16)24-18/h1-10,25H,(H,22,26)(H,23,24). The Morgan fingerprint density at radius 1 is 1.12 bits per heavy atom. The third-order valence-corrected chi connectivity index (χ3v) is 3.86. The number of hydrogen-bond donors (Lipinski definition) is 3. The minimum Gasteiger partial charge on any atom is -0.508 e. The molecule has 0 aliphatic carbocycles. The van der Waals surface area contributed by atoms with Crippen LogP contribution in [0.25, 0.3) is 22.4 Å². The Bertz CT molecular complexity index is 1090. The predicted molar refractivity (Wildman–Crippen MR) is 95.3 cm³/mol. The number of nitrogens with zero attached hydrogens (tertiary/aromatic N) is 2. The highest BCUT2D eigenvalue weighted by atomic mass is 19.1. The molecule has 0 atom stereocenters. The number of carbonyl (C=O) groups excluding carboxylic acids is 1. The van der Waals surface area contributed by atoms with Crippen LogP contribution in [0.1, 0.15) is 10.4 Å². The number of phenolic OH excluding ortho intramolecular Hbond substituents is 1. The third kappa shape index (κ3) is 2.98. The normalized spacial score (nSPS) is 10.8. The number of imidazole rings is 1. The number of aromatic hydroxyl groups is 1. The minimum absolute atomic E-state index is 0.169. The zero-order valence-electron chi connectivity index (χ0n) is 13.4. The molecule has 7 heteroatoms. The fourth-order valence-electron chi connectivity index (χ4n) is 2.61. The zero-order valence-corrected chi connectivity index (χ0v) is 13.4. The summed E-state index contributed by atoms with van der Waals surface area (Å²) >= 11 is 0. The Labute approximate surface area is 147 Å². The molecule has 2 heterocycles. The molecule has 0 bridgehead atoms. The van der Waals surface area contributed by atoms with Crippen molar-refractivity contribution in [1.29, 1.82) is 0 Å². The number of para-hydroxylation sites is 2.